The number of thiophene rings is 1. The minimum Gasteiger partial charge on any atom is -0.347 e. The van der Waals surface area contributed by atoms with Crippen molar-refractivity contribution in [2.24, 2.45) is 0 Å². The largest absolute Gasteiger partial charge is 0.347 e. The molecule has 2 N–H and O–H groups in total. The molecule has 0 aromatic carbocycles. The van der Waals surface area contributed by atoms with E-state index < -0.39 is 6.04 Å². The molecule has 0 fully saturated rings. The van der Waals surface area contributed by atoms with Crippen LogP contribution in [0.15, 0.2) is 17.5 Å². The van der Waals surface area contributed by atoms with Crippen LogP contribution in [0.25, 0.3) is 0 Å². The lowest BCUT2D eigenvalue weighted by molar-refractivity contribution is -0.128. The SMILES string of the molecule is CCC(NC(=O)C(CS)NC(C)=O)c1cccs1. The Morgan fingerprint density at radius 1 is 1.44 bits per heavy atom. The lowest BCUT2D eigenvalue weighted by atomic mass is 10.1. The van der Waals surface area contributed by atoms with Crippen molar-refractivity contribution in [2.45, 2.75) is 32.4 Å². The third-order valence-corrected chi connectivity index (χ3v) is 3.84. The second-order valence-electron chi connectivity index (χ2n) is 3.92. The first-order valence-corrected chi connectivity index (χ1v) is 7.31. The molecule has 0 radical (unpaired) electrons. The van der Waals surface area contributed by atoms with Crippen molar-refractivity contribution in [2.75, 3.05) is 5.75 Å². The quantitative estimate of drug-likeness (QED) is 0.698. The Labute approximate surface area is 117 Å². The predicted octanol–water partition coefficient (Wildman–Crippen LogP) is 1.75. The van der Waals surface area contributed by atoms with Gasteiger partial charge in [0.2, 0.25) is 11.8 Å². The topological polar surface area (TPSA) is 58.2 Å². The van der Waals surface area contributed by atoms with Crippen molar-refractivity contribution in [3.63, 3.8) is 0 Å². The molecule has 0 bridgehead atoms. The second kappa shape index (κ2) is 7.43. The lowest BCUT2D eigenvalue weighted by Crippen LogP contribution is -2.48. The van der Waals surface area contributed by atoms with Gasteiger partial charge in [0, 0.05) is 17.6 Å². The minimum absolute atomic E-state index is 0.00589. The summed E-state index contributed by atoms with van der Waals surface area (Å²) in [5, 5.41) is 7.49. The number of carbonyl (C=O) groups is 2. The fourth-order valence-electron chi connectivity index (χ4n) is 1.58. The lowest BCUT2D eigenvalue weighted by Gasteiger charge is -2.20. The Hall–Kier alpha value is -1.01. The highest BCUT2D eigenvalue weighted by atomic mass is 32.1. The fourth-order valence-corrected chi connectivity index (χ4v) is 2.69. The molecule has 18 heavy (non-hydrogen) atoms. The average molecular weight is 286 g/mol. The fraction of sp³-hybridized carbons (Fsp3) is 0.500. The van der Waals surface area contributed by atoms with Gasteiger partial charge in [-0.05, 0) is 17.9 Å². The van der Waals surface area contributed by atoms with Crippen molar-refractivity contribution in [1.82, 2.24) is 10.6 Å². The van der Waals surface area contributed by atoms with E-state index in [0.717, 1.165) is 11.3 Å². The molecule has 2 unspecified atom stereocenters. The molecule has 0 saturated heterocycles. The standard InChI is InChI=1S/C12H18N2O2S2/c1-3-9(11-5-4-6-18-11)14-12(16)10(7-17)13-8(2)15/h4-6,9-10,17H,3,7H2,1-2H3,(H,13,15)(H,14,16). The molecule has 2 amide bonds. The molecule has 2 atom stereocenters. The number of nitrogens with one attached hydrogen (secondary N) is 2. The van der Waals surface area contributed by atoms with Crippen LogP contribution in [0, 0.1) is 0 Å². The van der Waals surface area contributed by atoms with Crippen molar-refractivity contribution in [3.05, 3.63) is 22.4 Å². The summed E-state index contributed by atoms with van der Waals surface area (Å²) < 4.78 is 0. The summed E-state index contributed by atoms with van der Waals surface area (Å²) in [4.78, 5) is 24.1. The van der Waals surface area contributed by atoms with Gasteiger partial charge in [0.25, 0.3) is 0 Å². The zero-order chi connectivity index (χ0) is 13.5. The van der Waals surface area contributed by atoms with Crippen molar-refractivity contribution >= 4 is 35.8 Å². The Bertz CT molecular complexity index is 393. The van der Waals surface area contributed by atoms with E-state index in [9.17, 15) is 9.59 Å². The first-order valence-electron chi connectivity index (χ1n) is 5.80. The van der Waals surface area contributed by atoms with E-state index in [0.29, 0.717) is 0 Å². The zero-order valence-corrected chi connectivity index (χ0v) is 12.2. The predicted molar refractivity (Wildman–Crippen MR) is 77.0 cm³/mol. The first kappa shape index (κ1) is 15.0. The number of hydrogen-bond acceptors (Lipinski definition) is 4. The second-order valence-corrected chi connectivity index (χ2v) is 5.26. The molecule has 0 aliphatic heterocycles. The van der Waals surface area contributed by atoms with Crippen LogP contribution >= 0.6 is 24.0 Å². The highest BCUT2D eigenvalue weighted by molar-refractivity contribution is 7.80. The third kappa shape index (κ3) is 4.34. The highest BCUT2D eigenvalue weighted by Crippen LogP contribution is 2.21. The number of rotatable bonds is 6. The van der Waals surface area contributed by atoms with E-state index in [2.05, 4.69) is 23.3 Å². The van der Waals surface area contributed by atoms with E-state index in [1.807, 2.05) is 24.4 Å². The van der Waals surface area contributed by atoms with Gasteiger partial charge in [0.05, 0.1) is 6.04 Å². The Morgan fingerprint density at radius 3 is 2.61 bits per heavy atom. The van der Waals surface area contributed by atoms with Gasteiger partial charge in [0.15, 0.2) is 0 Å². The van der Waals surface area contributed by atoms with Gasteiger partial charge in [0.1, 0.15) is 6.04 Å². The molecular formula is C12H18N2O2S2. The Morgan fingerprint density at radius 2 is 2.17 bits per heavy atom. The number of amides is 2. The van der Waals surface area contributed by atoms with Gasteiger partial charge in [-0.25, -0.2) is 0 Å². The summed E-state index contributed by atoms with van der Waals surface area (Å²) >= 11 is 5.69. The summed E-state index contributed by atoms with van der Waals surface area (Å²) in [5.74, 6) is -0.138. The Kier molecular flexibility index (Phi) is 6.21. The summed E-state index contributed by atoms with van der Waals surface area (Å²) in [6.45, 7) is 3.40. The number of thiol groups is 1. The van der Waals surface area contributed by atoms with Crippen LogP contribution in [-0.2, 0) is 9.59 Å². The van der Waals surface area contributed by atoms with Gasteiger partial charge in [-0.3, -0.25) is 9.59 Å². The van der Waals surface area contributed by atoms with Crippen LogP contribution < -0.4 is 10.6 Å². The van der Waals surface area contributed by atoms with Crippen LogP contribution in [0.3, 0.4) is 0 Å². The van der Waals surface area contributed by atoms with E-state index in [-0.39, 0.29) is 23.6 Å². The van der Waals surface area contributed by atoms with E-state index in [4.69, 9.17) is 0 Å². The van der Waals surface area contributed by atoms with Crippen molar-refractivity contribution < 1.29 is 9.59 Å². The average Bonchev–Trinajstić information content (AvgIpc) is 2.85. The molecule has 1 heterocycles. The smallest absolute Gasteiger partial charge is 0.243 e. The molecule has 6 heteroatoms. The van der Waals surface area contributed by atoms with Crippen LogP contribution in [0.4, 0.5) is 0 Å². The minimum atomic E-state index is -0.583. The van der Waals surface area contributed by atoms with E-state index >= 15 is 0 Å². The van der Waals surface area contributed by atoms with E-state index in [1.54, 1.807) is 11.3 Å². The monoisotopic (exact) mass is 286 g/mol. The summed E-state index contributed by atoms with van der Waals surface area (Å²) in [7, 11) is 0. The van der Waals surface area contributed by atoms with Gasteiger partial charge >= 0.3 is 0 Å². The molecule has 0 saturated carbocycles. The first-order chi connectivity index (χ1) is 8.58. The van der Waals surface area contributed by atoms with Crippen LogP contribution in [0.5, 0.6) is 0 Å². The molecule has 100 valence electrons. The summed E-state index contributed by atoms with van der Waals surface area (Å²) in [6, 6.07) is 3.36. The molecule has 0 aliphatic carbocycles. The molecule has 1 aromatic rings. The van der Waals surface area contributed by atoms with Gasteiger partial charge < -0.3 is 10.6 Å². The van der Waals surface area contributed by atoms with Gasteiger partial charge in [-0.1, -0.05) is 13.0 Å². The number of hydrogen-bond donors (Lipinski definition) is 3. The molecule has 1 rings (SSSR count). The number of carbonyl (C=O) groups excluding carboxylic acids is 2. The van der Waals surface area contributed by atoms with Gasteiger partial charge in [-0.15, -0.1) is 11.3 Å². The maximum absolute atomic E-state index is 12.0. The maximum Gasteiger partial charge on any atom is 0.243 e. The molecular weight excluding hydrogens is 268 g/mol. The molecule has 0 aliphatic rings. The summed E-state index contributed by atoms with van der Waals surface area (Å²) in [6.07, 6.45) is 0.811. The molecule has 1 aromatic heterocycles. The summed E-state index contributed by atoms with van der Waals surface area (Å²) in [5.41, 5.74) is 0. The zero-order valence-electron chi connectivity index (χ0n) is 10.5. The van der Waals surface area contributed by atoms with Crippen LogP contribution in [0.2, 0.25) is 0 Å². The van der Waals surface area contributed by atoms with E-state index in [1.165, 1.54) is 6.92 Å². The van der Waals surface area contributed by atoms with Gasteiger partial charge in [-0.2, -0.15) is 12.6 Å². The third-order valence-electron chi connectivity index (χ3n) is 2.49. The molecule has 4 nitrogen and oxygen atoms in total. The van der Waals surface area contributed by atoms with Crippen LogP contribution in [-0.4, -0.2) is 23.6 Å². The van der Waals surface area contributed by atoms with Crippen molar-refractivity contribution in [3.8, 4) is 0 Å². The Balaban J connectivity index is 2.63. The normalized spacial score (nSPS) is 13.7. The van der Waals surface area contributed by atoms with Crippen molar-refractivity contribution in [1.29, 1.82) is 0 Å². The maximum atomic E-state index is 12.0. The highest BCUT2D eigenvalue weighted by Gasteiger charge is 2.21. The molecule has 0 spiro atoms. The van der Waals surface area contributed by atoms with Crippen LogP contribution in [0.1, 0.15) is 31.2 Å².